The monoisotopic (exact) mass is 268 g/mol. The van der Waals surface area contributed by atoms with Crippen molar-refractivity contribution in [3.05, 3.63) is 0 Å². The first kappa shape index (κ1) is 13.5. The molecule has 1 N–H and O–H groups in total. The van der Waals surface area contributed by atoms with E-state index in [2.05, 4.69) is 5.32 Å². The zero-order chi connectivity index (χ0) is 12.3. The van der Waals surface area contributed by atoms with Gasteiger partial charge in [0.2, 0.25) is 0 Å². The van der Waals surface area contributed by atoms with Gasteiger partial charge in [-0.05, 0) is 18.6 Å². The van der Waals surface area contributed by atoms with Gasteiger partial charge in [-0.15, -0.1) is 0 Å². The lowest BCUT2D eigenvalue weighted by Gasteiger charge is -2.39. The summed E-state index contributed by atoms with van der Waals surface area (Å²) in [5.41, 5.74) is 0. The molecular formula is C11H19F3N2S. The third kappa shape index (κ3) is 3.76. The van der Waals surface area contributed by atoms with Gasteiger partial charge in [-0.25, -0.2) is 0 Å². The van der Waals surface area contributed by atoms with Gasteiger partial charge in [0.05, 0.1) is 0 Å². The standard InChI is InChI=1S/C11H19F3N2S/c12-11(13,14)10-7-15-4-5-16(10)8-9-3-1-2-6-17-9/h9-10,15H,1-8H2. The van der Waals surface area contributed by atoms with Crippen LogP contribution in [0.4, 0.5) is 13.2 Å². The molecule has 0 bridgehead atoms. The molecular weight excluding hydrogens is 249 g/mol. The van der Waals surface area contributed by atoms with E-state index < -0.39 is 12.2 Å². The Morgan fingerprint density at radius 3 is 2.76 bits per heavy atom. The molecule has 6 heteroatoms. The molecule has 0 amide bonds. The molecule has 0 aromatic heterocycles. The van der Waals surface area contributed by atoms with Crippen molar-refractivity contribution in [1.82, 2.24) is 10.2 Å². The van der Waals surface area contributed by atoms with E-state index in [1.807, 2.05) is 11.8 Å². The predicted octanol–water partition coefficient (Wildman–Crippen LogP) is 2.11. The Morgan fingerprint density at radius 2 is 2.12 bits per heavy atom. The summed E-state index contributed by atoms with van der Waals surface area (Å²) in [6, 6.07) is -1.29. The number of piperazine rings is 1. The van der Waals surface area contributed by atoms with Gasteiger partial charge in [-0.1, -0.05) is 6.42 Å². The van der Waals surface area contributed by atoms with Gasteiger partial charge < -0.3 is 5.32 Å². The fraction of sp³-hybridized carbons (Fsp3) is 1.00. The molecule has 17 heavy (non-hydrogen) atoms. The highest BCUT2D eigenvalue weighted by Gasteiger charge is 2.44. The van der Waals surface area contributed by atoms with E-state index in [9.17, 15) is 13.2 Å². The minimum absolute atomic E-state index is 0.0425. The Kier molecular flexibility index (Phi) is 4.60. The molecule has 0 aromatic carbocycles. The van der Waals surface area contributed by atoms with Crippen LogP contribution in [-0.4, -0.2) is 54.3 Å². The van der Waals surface area contributed by atoms with Crippen LogP contribution in [0.25, 0.3) is 0 Å². The molecule has 2 nitrogen and oxygen atoms in total. The summed E-state index contributed by atoms with van der Waals surface area (Å²) in [6.45, 7) is 1.82. The molecule has 2 atom stereocenters. The summed E-state index contributed by atoms with van der Waals surface area (Å²) >= 11 is 1.84. The highest BCUT2D eigenvalue weighted by Crippen LogP contribution is 2.30. The van der Waals surface area contributed by atoms with Crippen molar-refractivity contribution in [3.63, 3.8) is 0 Å². The molecule has 2 rings (SSSR count). The van der Waals surface area contributed by atoms with E-state index in [4.69, 9.17) is 0 Å². The number of halogens is 3. The van der Waals surface area contributed by atoms with E-state index >= 15 is 0 Å². The number of hydrogen-bond acceptors (Lipinski definition) is 3. The Bertz CT molecular complexity index is 241. The van der Waals surface area contributed by atoms with Crippen LogP contribution in [0, 0.1) is 0 Å². The molecule has 0 aromatic rings. The summed E-state index contributed by atoms with van der Waals surface area (Å²) in [5, 5.41) is 3.24. The minimum atomic E-state index is -4.10. The molecule has 2 aliphatic rings. The maximum absolute atomic E-state index is 12.9. The van der Waals surface area contributed by atoms with E-state index in [0.717, 1.165) is 12.2 Å². The largest absolute Gasteiger partial charge is 0.405 e. The zero-order valence-corrected chi connectivity index (χ0v) is 10.6. The van der Waals surface area contributed by atoms with E-state index in [0.29, 0.717) is 24.9 Å². The number of hydrogen-bond donors (Lipinski definition) is 1. The van der Waals surface area contributed by atoms with Gasteiger partial charge in [0.1, 0.15) is 6.04 Å². The summed E-state index contributed by atoms with van der Waals surface area (Å²) in [6.07, 6.45) is -0.655. The van der Waals surface area contributed by atoms with Crippen LogP contribution < -0.4 is 5.32 Å². The summed E-state index contributed by atoms with van der Waals surface area (Å²) in [4.78, 5) is 1.62. The third-order valence-corrected chi connectivity index (χ3v) is 4.82. The van der Waals surface area contributed by atoms with Gasteiger partial charge in [0, 0.05) is 31.4 Å². The van der Waals surface area contributed by atoms with E-state index in [1.54, 1.807) is 4.90 Å². The number of rotatable bonds is 2. The first-order chi connectivity index (χ1) is 8.07. The normalized spacial score (nSPS) is 32.6. The smallest absolute Gasteiger partial charge is 0.314 e. The number of nitrogens with one attached hydrogen (secondary N) is 1. The SMILES string of the molecule is FC(F)(F)C1CNCCN1CC1CCCCS1. The van der Waals surface area contributed by atoms with E-state index in [1.165, 1.54) is 12.8 Å². The van der Waals surface area contributed by atoms with Gasteiger partial charge in [0.25, 0.3) is 0 Å². The minimum Gasteiger partial charge on any atom is -0.314 e. The Hall–Kier alpha value is 0.0600. The summed E-state index contributed by atoms with van der Waals surface area (Å²) < 4.78 is 38.6. The quantitative estimate of drug-likeness (QED) is 0.826. The van der Waals surface area contributed by atoms with Gasteiger partial charge >= 0.3 is 6.18 Å². The molecule has 2 unspecified atom stereocenters. The fourth-order valence-corrected chi connectivity index (χ4v) is 3.83. The highest BCUT2D eigenvalue weighted by atomic mass is 32.2. The topological polar surface area (TPSA) is 15.3 Å². The second-order valence-corrected chi connectivity index (χ2v) is 6.15. The first-order valence-corrected chi connectivity index (χ1v) is 7.25. The fourth-order valence-electron chi connectivity index (χ4n) is 2.50. The summed E-state index contributed by atoms with van der Waals surface area (Å²) in [7, 11) is 0. The van der Waals surface area contributed by atoms with Crippen molar-refractivity contribution in [2.75, 3.05) is 31.9 Å². The molecule has 2 heterocycles. The third-order valence-electron chi connectivity index (χ3n) is 3.44. The van der Waals surface area contributed by atoms with Crippen LogP contribution in [0.3, 0.4) is 0 Å². The highest BCUT2D eigenvalue weighted by molar-refractivity contribution is 7.99. The lowest BCUT2D eigenvalue weighted by Crippen LogP contribution is -2.59. The Balaban J connectivity index is 1.91. The molecule has 100 valence electrons. The van der Waals surface area contributed by atoms with Crippen molar-refractivity contribution in [2.24, 2.45) is 0 Å². The molecule has 0 spiro atoms. The maximum Gasteiger partial charge on any atom is 0.405 e. The zero-order valence-electron chi connectivity index (χ0n) is 9.80. The van der Waals surface area contributed by atoms with Crippen molar-refractivity contribution in [2.45, 2.75) is 36.7 Å². The molecule has 0 aliphatic carbocycles. The van der Waals surface area contributed by atoms with Crippen LogP contribution in [0.1, 0.15) is 19.3 Å². The average Bonchev–Trinajstić information content (AvgIpc) is 2.30. The van der Waals surface area contributed by atoms with Crippen LogP contribution in [-0.2, 0) is 0 Å². The van der Waals surface area contributed by atoms with Gasteiger partial charge in [-0.2, -0.15) is 24.9 Å². The Labute approximate surface area is 104 Å². The van der Waals surface area contributed by atoms with Gasteiger partial charge in [-0.3, -0.25) is 4.90 Å². The van der Waals surface area contributed by atoms with Crippen molar-refractivity contribution in [3.8, 4) is 0 Å². The lowest BCUT2D eigenvalue weighted by atomic mass is 10.1. The van der Waals surface area contributed by atoms with Gasteiger partial charge in [0.15, 0.2) is 0 Å². The molecule has 2 aliphatic heterocycles. The maximum atomic E-state index is 12.9. The molecule has 0 radical (unpaired) electrons. The number of alkyl halides is 3. The van der Waals surface area contributed by atoms with Crippen LogP contribution in [0.5, 0.6) is 0 Å². The molecule has 2 saturated heterocycles. The number of thioether (sulfide) groups is 1. The lowest BCUT2D eigenvalue weighted by molar-refractivity contribution is -0.186. The number of nitrogens with zero attached hydrogens (tertiary/aromatic N) is 1. The van der Waals surface area contributed by atoms with E-state index in [-0.39, 0.29) is 6.54 Å². The van der Waals surface area contributed by atoms with Crippen LogP contribution >= 0.6 is 11.8 Å². The molecule has 2 fully saturated rings. The summed E-state index contributed by atoms with van der Waals surface area (Å²) in [5.74, 6) is 1.10. The predicted molar refractivity (Wildman–Crippen MR) is 64.4 cm³/mol. The van der Waals surface area contributed by atoms with Crippen molar-refractivity contribution < 1.29 is 13.2 Å². The van der Waals surface area contributed by atoms with Crippen molar-refractivity contribution in [1.29, 1.82) is 0 Å². The second-order valence-electron chi connectivity index (χ2n) is 4.75. The van der Waals surface area contributed by atoms with Crippen LogP contribution in [0.15, 0.2) is 0 Å². The molecule has 0 saturated carbocycles. The van der Waals surface area contributed by atoms with Crippen molar-refractivity contribution >= 4 is 11.8 Å². The average molecular weight is 268 g/mol. The Morgan fingerprint density at radius 1 is 1.29 bits per heavy atom. The first-order valence-electron chi connectivity index (χ1n) is 6.20. The van der Waals surface area contributed by atoms with Crippen LogP contribution in [0.2, 0.25) is 0 Å². The second kappa shape index (κ2) is 5.80.